The number of hydrogen-bond acceptors (Lipinski definition) is 6. The van der Waals surface area contributed by atoms with Gasteiger partial charge in [0.05, 0.1) is 16.4 Å². The fraction of sp³-hybridized carbons (Fsp3) is 0.667. The maximum atomic E-state index is 12.6. The molecular weight excluding hydrogens is 332 g/mol. The molecule has 1 unspecified atom stereocenters. The SMILES string of the molecule is CCNCc1cc(S(=O)(=O)N2CCS(=O)(=O)CC2C)cs1. The lowest BCUT2D eigenvalue weighted by Gasteiger charge is -2.31. The van der Waals surface area contributed by atoms with Crippen molar-refractivity contribution in [1.29, 1.82) is 0 Å². The Balaban J connectivity index is 2.20. The summed E-state index contributed by atoms with van der Waals surface area (Å²) < 4.78 is 49.7. The second-order valence-electron chi connectivity index (χ2n) is 5.11. The molecule has 6 nitrogen and oxygen atoms in total. The van der Waals surface area contributed by atoms with Crippen LogP contribution in [0.25, 0.3) is 0 Å². The van der Waals surface area contributed by atoms with Gasteiger partial charge in [-0.3, -0.25) is 0 Å². The molecule has 2 heterocycles. The predicted molar refractivity (Wildman–Crippen MR) is 83.7 cm³/mol. The van der Waals surface area contributed by atoms with E-state index in [4.69, 9.17) is 0 Å². The van der Waals surface area contributed by atoms with Crippen LogP contribution >= 0.6 is 11.3 Å². The highest BCUT2D eigenvalue weighted by Gasteiger charge is 2.36. The van der Waals surface area contributed by atoms with E-state index in [2.05, 4.69) is 5.32 Å². The van der Waals surface area contributed by atoms with Crippen molar-refractivity contribution in [2.75, 3.05) is 24.6 Å². The normalized spacial score (nSPS) is 23.2. The molecule has 120 valence electrons. The van der Waals surface area contributed by atoms with Gasteiger partial charge in [-0.25, -0.2) is 16.8 Å². The zero-order valence-electron chi connectivity index (χ0n) is 12.1. The van der Waals surface area contributed by atoms with E-state index >= 15 is 0 Å². The summed E-state index contributed by atoms with van der Waals surface area (Å²) in [6.45, 7) is 5.12. The Morgan fingerprint density at radius 3 is 2.81 bits per heavy atom. The molecule has 0 saturated carbocycles. The summed E-state index contributed by atoms with van der Waals surface area (Å²) >= 11 is 1.39. The van der Waals surface area contributed by atoms with Gasteiger partial charge in [-0.05, 0) is 19.5 Å². The van der Waals surface area contributed by atoms with Crippen molar-refractivity contribution in [3.8, 4) is 0 Å². The molecule has 0 amide bonds. The van der Waals surface area contributed by atoms with Gasteiger partial charge in [0.15, 0.2) is 9.84 Å². The topological polar surface area (TPSA) is 83.6 Å². The molecule has 2 rings (SSSR count). The summed E-state index contributed by atoms with van der Waals surface area (Å²) in [6, 6.07) is 1.14. The van der Waals surface area contributed by atoms with E-state index in [0.29, 0.717) is 6.54 Å². The Bertz CT molecular complexity index is 694. The molecule has 21 heavy (non-hydrogen) atoms. The van der Waals surface area contributed by atoms with Crippen LogP contribution in [0.2, 0.25) is 0 Å². The Morgan fingerprint density at radius 2 is 2.19 bits per heavy atom. The quantitative estimate of drug-likeness (QED) is 0.842. The number of hydrogen-bond donors (Lipinski definition) is 1. The highest BCUT2D eigenvalue weighted by atomic mass is 32.2. The van der Waals surface area contributed by atoms with Gasteiger partial charge in [0, 0.05) is 29.4 Å². The van der Waals surface area contributed by atoms with E-state index in [9.17, 15) is 16.8 Å². The predicted octanol–water partition coefficient (Wildman–Crippen LogP) is 0.665. The summed E-state index contributed by atoms with van der Waals surface area (Å²) in [5.74, 6) is -0.217. The van der Waals surface area contributed by atoms with Gasteiger partial charge in [-0.15, -0.1) is 11.3 Å². The van der Waals surface area contributed by atoms with Crippen LogP contribution in [0, 0.1) is 0 Å². The molecule has 0 radical (unpaired) electrons. The summed E-state index contributed by atoms with van der Waals surface area (Å²) in [7, 11) is -6.74. The highest BCUT2D eigenvalue weighted by Crippen LogP contribution is 2.26. The van der Waals surface area contributed by atoms with Crippen LogP contribution < -0.4 is 5.32 Å². The molecule has 0 aliphatic carbocycles. The maximum Gasteiger partial charge on any atom is 0.244 e. The molecule has 0 aromatic carbocycles. The van der Waals surface area contributed by atoms with Gasteiger partial charge in [0.25, 0.3) is 0 Å². The van der Waals surface area contributed by atoms with E-state index in [1.165, 1.54) is 15.6 Å². The number of sulfonamides is 1. The average Bonchev–Trinajstić information content (AvgIpc) is 2.84. The minimum Gasteiger partial charge on any atom is -0.312 e. The van der Waals surface area contributed by atoms with E-state index in [1.54, 1.807) is 18.4 Å². The minimum atomic E-state index is -3.61. The first-order valence-corrected chi connectivity index (χ1v) is 10.9. The number of thiophene rings is 1. The zero-order valence-corrected chi connectivity index (χ0v) is 14.5. The third-order valence-electron chi connectivity index (χ3n) is 3.39. The molecule has 1 N–H and O–H groups in total. The fourth-order valence-corrected chi connectivity index (χ4v) is 6.94. The number of rotatable bonds is 5. The highest BCUT2D eigenvalue weighted by molar-refractivity contribution is 7.92. The Kier molecular flexibility index (Phi) is 5.09. The van der Waals surface area contributed by atoms with Crippen LogP contribution in [0.5, 0.6) is 0 Å². The molecule has 1 atom stereocenters. The van der Waals surface area contributed by atoms with E-state index in [0.717, 1.165) is 11.4 Å². The molecule has 9 heteroatoms. The van der Waals surface area contributed by atoms with Crippen LogP contribution in [-0.2, 0) is 26.4 Å². The summed E-state index contributed by atoms with van der Waals surface area (Å²) in [5, 5.41) is 4.77. The average molecular weight is 353 g/mol. The van der Waals surface area contributed by atoms with Crippen LogP contribution in [0.4, 0.5) is 0 Å². The van der Waals surface area contributed by atoms with Gasteiger partial charge in [-0.1, -0.05) is 6.92 Å². The Morgan fingerprint density at radius 1 is 1.48 bits per heavy atom. The van der Waals surface area contributed by atoms with Crippen LogP contribution in [0.1, 0.15) is 18.7 Å². The van der Waals surface area contributed by atoms with Gasteiger partial charge < -0.3 is 5.32 Å². The lowest BCUT2D eigenvalue weighted by molar-refractivity contribution is 0.357. The third kappa shape index (κ3) is 3.84. The van der Waals surface area contributed by atoms with Crippen LogP contribution in [0.15, 0.2) is 16.3 Å². The second-order valence-corrected chi connectivity index (χ2v) is 10.2. The lowest BCUT2D eigenvalue weighted by atomic mass is 10.4. The zero-order chi connectivity index (χ0) is 15.7. The third-order valence-corrected chi connectivity index (χ3v) is 8.27. The molecular formula is C12H20N2O4S3. The standard InChI is InChI=1S/C12H20N2O4S3/c1-3-13-7-11-6-12(8-19-11)21(17,18)14-4-5-20(15,16)9-10(14)2/h6,8,10,13H,3-5,7,9H2,1-2H3. The second kappa shape index (κ2) is 6.33. The number of nitrogens with one attached hydrogen (secondary N) is 1. The fourth-order valence-electron chi connectivity index (χ4n) is 2.31. The number of nitrogens with zero attached hydrogens (tertiary/aromatic N) is 1. The molecule has 1 aromatic rings. The first kappa shape index (κ1) is 16.9. The monoisotopic (exact) mass is 352 g/mol. The Labute approximate surface area is 130 Å². The number of sulfone groups is 1. The van der Waals surface area contributed by atoms with Crippen molar-refractivity contribution in [3.05, 3.63) is 16.3 Å². The molecule has 0 spiro atoms. The van der Waals surface area contributed by atoms with Crippen LogP contribution in [0.3, 0.4) is 0 Å². The largest absolute Gasteiger partial charge is 0.312 e. The first-order valence-electron chi connectivity index (χ1n) is 6.76. The lowest BCUT2D eigenvalue weighted by Crippen LogP contribution is -2.49. The molecule has 1 saturated heterocycles. The van der Waals surface area contributed by atoms with Gasteiger partial charge in [0.1, 0.15) is 0 Å². The minimum absolute atomic E-state index is 0.0320. The van der Waals surface area contributed by atoms with E-state index in [1.807, 2.05) is 6.92 Å². The summed E-state index contributed by atoms with van der Waals surface area (Å²) in [4.78, 5) is 1.21. The van der Waals surface area contributed by atoms with Crippen molar-refractivity contribution in [1.82, 2.24) is 9.62 Å². The first-order chi connectivity index (χ1) is 9.76. The smallest absolute Gasteiger partial charge is 0.244 e. The summed E-state index contributed by atoms with van der Waals surface area (Å²) in [5.41, 5.74) is 0. The molecule has 1 aliphatic rings. The van der Waals surface area contributed by atoms with Crippen molar-refractivity contribution >= 4 is 31.2 Å². The maximum absolute atomic E-state index is 12.6. The van der Waals surface area contributed by atoms with E-state index < -0.39 is 25.9 Å². The molecule has 0 bridgehead atoms. The molecule has 1 aliphatic heterocycles. The summed E-state index contributed by atoms with van der Waals surface area (Å²) in [6.07, 6.45) is 0. The Hall–Kier alpha value is -0.480. The van der Waals surface area contributed by atoms with Crippen LogP contribution in [-0.4, -0.2) is 51.8 Å². The van der Waals surface area contributed by atoms with Gasteiger partial charge >= 0.3 is 0 Å². The van der Waals surface area contributed by atoms with Crippen molar-refractivity contribution in [2.45, 2.75) is 31.3 Å². The van der Waals surface area contributed by atoms with Gasteiger partial charge in [-0.2, -0.15) is 4.31 Å². The van der Waals surface area contributed by atoms with E-state index in [-0.39, 0.29) is 22.9 Å². The molecule has 1 aromatic heterocycles. The molecule has 1 fully saturated rings. The van der Waals surface area contributed by atoms with Crippen molar-refractivity contribution in [3.63, 3.8) is 0 Å². The van der Waals surface area contributed by atoms with Crippen molar-refractivity contribution < 1.29 is 16.8 Å². The van der Waals surface area contributed by atoms with Crippen molar-refractivity contribution in [2.24, 2.45) is 0 Å². The van der Waals surface area contributed by atoms with Gasteiger partial charge in [0.2, 0.25) is 10.0 Å².